The van der Waals surface area contributed by atoms with Gasteiger partial charge in [-0.15, -0.1) is 16.2 Å². The van der Waals surface area contributed by atoms with Crippen LogP contribution in [0.4, 0.5) is 5.69 Å². The summed E-state index contributed by atoms with van der Waals surface area (Å²) >= 11 is 1.33. The van der Waals surface area contributed by atoms with Crippen molar-refractivity contribution in [2.45, 2.75) is 104 Å². The molecule has 0 aromatic carbocycles. The summed E-state index contributed by atoms with van der Waals surface area (Å²) < 4.78 is 0. The summed E-state index contributed by atoms with van der Waals surface area (Å²) in [5.74, 6) is 0.0595. The monoisotopic (exact) mass is 450 g/mol. The fraction of sp³-hybridized carbons (Fsp3) is 0.792. The van der Waals surface area contributed by atoms with Crippen LogP contribution in [0.3, 0.4) is 0 Å². The Bertz CT molecular complexity index is 756. The Balaban J connectivity index is 1.99. The van der Waals surface area contributed by atoms with Gasteiger partial charge < -0.3 is 15.1 Å². The number of carbonyl (C=O) groups is 1. The molecule has 6 nitrogen and oxygen atoms in total. The van der Waals surface area contributed by atoms with E-state index >= 15 is 0 Å². The van der Waals surface area contributed by atoms with E-state index in [1.807, 2.05) is 11.0 Å². The van der Waals surface area contributed by atoms with E-state index in [1.165, 1.54) is 11.3 Å². The number of aliphatic hydroxyl groups excluding tert-OH is 2. The lowest BCUT2D eigenvalue weighted by atomic mass is 9.81. The van der Waals surface area contributed by atoms with E-state index in [9.17, 15) is 19.9 Å². The van der Waals surface area contributed by atoms with Gasteiger partial charge in [0.2, 0.25) is 0 Å². The number of nitroso groups, excluding NO2 is 1. The second-order valence-corrected chi connectivity index (χ2v) is 12.0. The van der Waals surface area contributed by atoms with Crippen molar-refractivity contribution in [1.29, 1.82) is 0 Å². The highest BCUT2D eigenvalue weighted by Crippen LogP contribution is 2.41. The molecule has 2 fully saturated rings. The molecule has 0 saturated heterocycles. The second kappa shape index (κ2) is 10.1. The van der Waals surface area contributed by atoms with E-state index < -0.39 is 12.1 Å². The van der Waals surface area contributed by atoms with Crippen LogP contribution in [0, 0.1) is 22.2 Å². The maximum absolute atomic E-state index is 12.5. The number of carbonyl (C=O) groups excluding carboxylic acids is 1. The Hall–Kier alpha value is -1.31. The molecule has 0 spiro atoms. The maximum atomic E-state index is 12.5. The smallest absolute Gasteiger partial charge is 0.328 e. The van der Waals surface area contributed by atoms with E-state index in [4.69, 9.17) is 0 Å². The molecule has 2 N–H and O–H groups in total. The minimum atomic E-state index is -0.759. The molecule has 1 atom stereocenters. The van der Waals surface area contributed by atoms with Crippen molar-refractivity contribution in [2.75, 3.05) is 4.90 Å². The molecule has 2 aliphatic rings. The van der Waals surface area contributed by atoms with Gasteiger partial charge in [-0.05, 0) is 62.3 Å². The first kappa shape index (κ1) is 24.3. The number of amides is 1. The molecule has 0 radical (unpaired) electrons. The minimum absolute atomic E-state index is 0.0352. The van der Waals surface area contributed by atoms with Crippen LogP contribution in [0.5, 0.6) is 0 Å². The Morgan fingerprint density at radius 3 is 2.32 bits per heavy atom. The molecule has 3 rings (SSSR count). The highest BCUT2D eigenvalue weighted by atomic mass is 32.1. The Morgan fingerprint density at radius 2 is 1.77 bits per heavy atom. The van der Waals surface area contributed by atoms with Gasteiger partial charge in [-0.3, -0.25) is 4.79 Å². The molecular weight excluding hydrogens is 412 g/mol. The third kappa shape index (κ3) is 6.14. The van der Waals surface area contributed by atoms with Gasteiger partial charge in [0, 0.05) is 22.0 Å². The highest BCUT2D eigenvalue weighted by molar-refractivity contribution is 7.14. The summed E-state index contributed by atoms with van der Waals surface area (Å²) in [4.78, 5) is 27.0. The van der Waals surface area contributed by atoms with Crippen molar-refractivity contribution in [3.05, 3.63) is 20.7 Å². The van der Waals surface area contributed by atoms with Crippen molar-refractivity contribution in [1.82, 2.24) is 0 Å². The zero-order valence-corrected chi connectivity index (χ0v) is 20.2. The van der Waals surface area contributed by atoms with Crippen LogP contribution in [0.15, 0.2) is 11.2 Å². The average Bonchev–Trinajstić information content (AvgIpc) is 3.11. The maximum Gasteiger partial charge on any atom is 0.328 e. The van der Waals surface area contributed by atoms with Gasteiger partial charge in [0.1, 0.15) is 11.1 Å². The molecule has 7 heteroatoms. The molecule has 2 saturated carbocycles. The Kier molecular flexibility index (Phi) is 7.92. The lowest BCUT2D eigenvalue weighted by Crippen LogP contribution is -2.50. The van der Waals surface area contributed by atoms with Crippen molar-refractivity contribution in [2.24, 2.45) is 22.4 Å². The summed E-state index contributed by atoms with van der Waals surface area (Å²) in [6.45, 7) is 8.69. The quantitative estimate of drug-likeness (QED) is 0.441. The zero-order valence-electron chi connectivity index (χ0n) is 19.3. The Morgan fingerprint density at radius 1 is 1.16 bits per heavy atom. The molecule has 1 heterocycles. The molecule has 0 bridgehead atoms. The number of rotatable bonds is 6. The molecule has 1 aromatic rings. The minimum Gasteiger partial charge on any atom is -0.393 e. The number of aliphatic hydroxyl groups is 2. The molecule has 0 unspecified atom stereocenters. The van der Waals surface area contributed by atoms with Crippen LogP contribution in [0.25, 0.3) is 0 Å². The highest BCUT2D eigenvalue weighted by Gasteiger charge is 2.37. The van der Waals surface area contributed by atoms with Gasteiger partial charge in [-0.25, -0.2) is 0 Å². The fourth-order valence-corrected chi connectivity index (χ4v) is 6.46. The number of hydrogen-bond acceptors (Lipinski definition) is 6. The lowest BCUT2D eigenvalue weighted by Gasteiger charge is -2.44. The predicted molar refractivity (Wildman–Crippen MR) is 125 cm³/mol. The first-order valence-electron chi connectivity index (χ1n) is 11.7. The molecule has 1 aromatic heterocycles. The van der Waals surface area contributed by atoms with E-state index in [2.05, 4.69) is 32.9 Å². The van der Waals surface area contributed by atoms with Crippen molar-refractivity contribution < 1.29 is 15.0 Å². The summed E-state index contributed by atoms with van der Waals surface area (Å²) in [5.41, 5.74) is 0.691. The lowest BCUT2D eigenvalue weighted by molar-refractivity contribution is 0.0523. The van der Waals surface area contributed by atoms with Crippen LogP contribution in [-0.4, -0.2) is 34.5 Å². The van der Waals surface area contributed by atoms with Gasteiger partial charge in [0.15, 0.2) is 0 Å². The molecule has 31 heavy (non-hydrogen) atoms. The number of hydrogen-bond donors (Lipinski definition) is 2. The van der Waals surface area contributed by atoms with Crippen LogP contribution < -0.4 is 4.90 Å². The predicted octanol–water partition coefficient (Wildman–Crippen LogP) is 5.50. The zero-order chi connectivity index (χ0) is 22.8. The van der Waals surface area contributed by atoms with E-state index in [1.54, 1.807) is 0 Å². The summed E-state index contributed by atoms with van der Waals surface area (Å²) in [6, 6.07) is 2.03. The summed E-state index contributed by atoms with van der Waals surface area (Å²) in [6.07, 6.45) is 6.77. The average molecular weight is 451 g/mol. The van der Waals surface area contributed by atoms with Crippen LogP contribution in [-0.2, 0) is 6.42 Å². The van der Waals surface area contributed by atoms with Crippen molar-refractivity contribution >= 4 is 22.9 Å². The largest absolute Gasteiger partial charge is 0.393 e. The first-order chi connectivity index (χ1) is 14.6. The molecule has 1 amide bonds. The third-order valence-corrected chi connectivity index (χ3v) is 7.96. The van der Waals surface area contributed by atoms with Crippen LogP contribution in [0.1, 0.15) is 93.6 Å². The SMILES string of the molecule is CC1CCC([C@@H](O)N(c2cc(CC(C)(C)C)sc2C(=O)N=O)C2CCC(O)CC2)CC1. The second-order valence-electron chi connectivity index (χ2n) is 10.9. The first-order valence-corrected chi connectivity index (χ1v) is 12.6. The van der Waals surface area contributed by atoms with E-state index in [0.717, 1.165) is 49.8 Å². The fourth-order valence-electron chi connectivity index (χ4n) is 5.13. The van der Waals surface area contributed by atoms with Gasteiger partial charge in [0.25, 0.3) is 0 Å². The molecule has 174 valence electrons. The van der Waals surface area contributed by atoms with Crippen molar-refractivity contribution in [3.63, 3.8) is 0 Å². The normalized spacial score (nSPS) is 28.2. The Labute approximate surface area is 190 Å². The number of thiophene rings is 1. The van der Waals surface area contributed by atoms with Crippen molar-refractivity contribution in [3.8, 4) is 0 Å². The van der Waals surface area contributed by atoms with Crippen LogP contribution >= 0.6 is 11.3 Å². The summed E-state index contributed by atoms with van der Waals surface area (Å²) in [5, 5.41) is 24.3. The molecule has 2 aliphatic carbocycles. The van der Waals surface area contributed by atoms with Gasteiger partial charge in [-0.2, -0.15) is 0 Å². The topological polar surface area (TPSA) is 90.2 Å². The number of nitrogens with zero attached hydrogens (tertiary/aromatic N) is 2. The van der Waals surface area contributed by atoms with E-state index in [-0.39, 0.29) is 23.5 Å². The standard InChI is InChI=1S/C24H38N2O4S/c1-15-5-7-16(8-6-15)23(29)26(17-9-11-18(27)12-10-17)20-13-19(14-24(2,3)4)31-21(20)22(28)25-30/h13,15-18,23,27,29H,5-12,14H2,1-4H3/t15?,16?,17?,18?,23-/m1/s1. The molecule has 0 aliphatic heterocycles. The molecular formula is C24H38N2O4S. The van der Waals surface area contributed by atoms with Crippen LogP contribution in [0.2, 0.25) is 0 Å². The third-order valence-electron chi connectivity index (χ3n) is 6.85. The van der Waals surface area contributed by atoms with Gasteiger partial charge in [-0.1, -0.05) is 40.5 Å². The summed E-state index contributed by atoms with van der Waals surface area (Å²) in [7, 11) is 0. The van der Waals surface area contributed by atoms with Gasteiger partial charge >= 0.3 is 5.91 Å². The van der Waals surface area contributed by atoms with E-state index in [0.29, 0.717) is 29.3 Å². The van der Waals surface area contributed by atoms with Gasteiger partial charge in [0.05, 0.1) is 11.8 Å². The number of anilines is 1.